The molecule has 21 heavy (non-hydrogen) atoms. The Bertz CT molecular complexity index is 695. The molecule has 4 bridgehead atoms. The summed E-state index contributed by atoms with van der Waals surface area (Å²) in [7, 11) is 0. The van der Waals surface area contributed by atoms with E-state index in [0.717, 1.165) is 36.7 Å². The van der Waals surface area contributed by atoms with Gasteiger partial charge in [0, 0.05) is 0 Å². The van der Waals surface area contributed by atoms with E-state index in [9.17, 15) is 0 Å². The highest BCUT2D eigenvalue weighted by molar-refractivity contribution is 7.00. The third-order valence-corrected chi connectivity index (χ3v) is 4.96. The Morgan fingerprint density at radius 3 is 1.57 bits per heavy atom. The Morgan fingerprint density at radius 1 is 0.619 bits per heavy atom. The van der Waals surface area contributed by atoms with Crippen molar-refractivity contribution < 1.29 is 0 Å². The maximum Gasteiger partial charge on any atom is 0.108 e. The van der Waals surface area contributed by atoms with Crippen molar-refractivity contribution in [2.75, 3.05) is 0 Å². The first kappa shape index (κ1) is 13.0. The minimum absolute atomic E-state index is 1.09. The van der Waals surface area contributed by atoms with E-state index in [1.165, 1.54) is 46.8 Å². The number of nitrogens with zero attached hydrogens (tertiary/aromatic N) is 2. The fraction of sp³-hybridized carbons (Fsp3) is 0.333. The first-order chi connectivity index (χ1) is 10.4. The van der Waals surface area contributed by atoms with Gasteiger partial charge in [0.05, 0.1) is 11.7 Å². The molecule has 0 atom stereocenters. The van der Waals surface area contributed by atoms with Gasteiger partial charge in [-0.2, -0.15) is 8.75 Å². The number of aromatic nitrogens is 2. The molecule has 0 unspecified atom stereocenters. The molecule has 0 N–H and O–H groups in total. The minimum atomic E-state index is 1.09. The van der Waals surface area contributed by atoms with Crippen LogP contribution in [0, 0.1) is 0 Å². The molecule has 4 aliphatic rings. The van der Waals surface area contributed by atoms with Crippen molar-refractivity contribution in [1.29, 1.82) is 0 Å². The SMILES string of the molecule is c1cc2ccc1CCCc1ccc(c3nsnc13)CCC2. The van der Waals surface area contributed by atoms with Crippen molar-refractivity contribution >= 4 is 22.8 Å². The van der Waals surface area contributed by atoms with Crippen molar-refractivity contribution in [1.82, 2.24) is 8.75 Å². The molecule has 0 fully saturated rings. The predicted octanol–water partition coefficient (Wildman–Crippen LogP) is 4.36. The topological polar surface area (TPSA) is 25.8 Å². The standard InChI is InChI=1S/C18H18N2S/c1-3-13-7-9-14(10-8-13)4-2-6-16-12-11-15(5-1)17-18(16)20-21-19-17/h7-12H,1-6H2. The average molecular weight is 294 g/mol. The lowest BCUT2D eigenvalue weighted by molar-refractivity contribution is 0.805. The molecule has 2 nitrogen and oxygen atoms in total. The molecule has 0 spiro atoms. The second-order valence-electron chi connectivity index (χ2n) is 5.87. The summed E-state index contributed by atoms with van der Waals surface area (Å²) in [5, 5.41) is 0. The van der Waals surface area contributed by atoms with Crippen LogP contribution in [0.15, 0.2) is 36.4 Å². The van der Waals surface area contributed by atoms with Gasteiger partial charge in [-0.3, -0.25) is 0 Å². The van der Waals surface area contributed by atoms with E-state index < -0.39 is 0 Å². The minimum Gasteiger partial charge on any atom is -0.173 e. The highest BCUT2D eigenvalue weighted by Gasteiger charge is 2.11. The van der Waals surface area contributed by atoms with Crippen LogP contribution in [0.2, 0.25) is 0 Å². The molecule has 0 radical (unpaired) electrons. The largest absolute Gasteiger partial charge is 0.173 e. The van der Waals surface area contributed by atoms with Crippen LogP contribution in [-0.2, 0) is 25.7 Å². The normalized spacial score (nSPS) is 15.4. The van der Waals surface area contributed by atoms with E-state index in [-0.39, 0.29) is 0 Å². The number of aryl methyl sites for hydroxylation is 4. The van der Waals surface area contributed by atoms with Crippen LogP contribution in [-0.4, -0.2) is 8.75 Å². The predicted molar refractivity (Wildman–Crippen MR) is 87.9 cm³/mol. The molecule has 106 valence electrons. The number of hydrogen-bond acceptors (Lipinski definition) is 3. The lowest BCUT2D eigenvalue weighted by atomic mass is 9.96. The molecule has 1 heterocycles. The lowest BCUT2D eigenvalue weighted by Gasteiger charge is -2.09. The maximum absolute atomic E-state index is 4.54. The molecule has 7 rings (SSSR count). The Morgan fingerprint density at radius 2 is 1.10 bits per heavy atom. The van der Waals surface area contributed by atoms with E-state index >= 15 is 0 Å². The van der Waals surface area contributed by atoms with E-state index in [4.69, 9.17) is 0 Å². The first-order valence-corrected chi connectivity index (χ1v) is 8.44. The van der Waals surface area contributed by atoms with Crippen LogP contribution >= 0.6 is 11.7 Å². The summed E-state index contributed by atoms with van der Waals surface area (Å²) < 4.78 is 9.08. The van der Waals surface area contributed by atoms with Crippen LogP contribution in [0.5, 0.6) is 0 Å². The van der Waals surface area contributed by atoms with Gasteiger partial charge < -0.3 is 0 Å². The van der Waals surface area contributed by atoms with E-state index in [1.54, 1.807) is 0 Å². The molecule has 0 amide bonds. The van der Waals surface area contributed by atoms with Gasteiger partial charge in [0.25, 0.3) is 0 Å². The Kier molecular flexibility index (Phi) is 3.44. The zero-order valence-electron chi connectivity index (χ0n) is 12.0. The average Bonchev–Trinajstić information content (AvgIpc) is 3.01. The summed E-state index contributed by atoms with van der Waals surface area (Å²) >= 11 is 1.35. The van der Waals surface area contributed by atoms with Gasteiger partial charge in [-0.15, -0.1) is 0 Å². The lowest BCUT2D eigenvalue weighted by Crippen LogP contribution is -1.97. The quantitative estimate of drug-likeness (QED) is 0.616. The van der Waals surface area contributed by atoms with Gasteiger partial charge in [0.15, 0.2) is 0 Å². The highest BCUT2D eigenvalue weighted by Crippen LogP contribution is 2.24. The van der Waals surface area contributed by atoms with Crippen LogP contribution in [0.25, 0.3) is 11.0 Å². The third kappa shape index (κ3) is 2.58. The highest BCUT2D eigenvalue weighted by atomic mass is 32.1. The summed E-state index contributed by atoms with van der Waals surface area (Å²) in [4.78, 5) is 0. The summed E-state index contributed by atoms with van der Waals surface area (Å²) in [5.74, 6) is 0. The summed E-state index contributed by atoms with van der Waals surface area (Å²) in [6, 6.07) is 13.7. The zero-order valence-corrected chi connectivity index (χ0v) is 12.8. The van der Waals surface area contributed by atoms with Crippen LogP contribution in [0.4, 0.5) is 0 Å². The molecular weight excluding hydrogens is 276 g/mol. The van der Waals surface area contributed by atoms with Crippen molar-refractivity contribution in [3.63, 3.8) is 0 Å². The number of hydrogen-bond donors (Lipinski definition) is 0. The zero-order chi connectivity index (χ0) is 14.1. The molecule has 0 saturated carbocycles. The van der Waals surface area contributed by atoms with Gasteiger partial charge >= 0.3 is 0 Å². The summed E-state index contributed by atoms with van der Waals surface area (Å²) in [6.45, 7) is 0. The van der Waals surface area contributed by atoms with E-state index in [1.807, 2.05) is 0 Å². The summed E-state index contributed by atoms with van der Waals surface area (Å²) in [6.07, 6.45) is 6.80. The number of rotatable bonds is 0. The molecule has 1 aromatic heterocycles. The second-order valence-corrected chi connectivity index (χ2v) is 6.40. The molecule has 0 aliphatic heterocycles. The molecule has 3 heteroatoms. The van der Waals surface area contributed by atoms with Crippen molar-refractivity contribution in [3.05, 3.63) is 58.7 Å². The Labute approximate surface area is 129 Å². The Balaban J connectivity index is 1.73. The fourth-order valence-electron chi connectivity index (χ4n) is 3.21. The second kappa shape index (κ2) is 5.57. The molecular formula is C18H18N2S. The first-order valence-electron chi connectivity index (χ1n) is 7.71. The van der Waals surface area contributed by atoms with Crippen molar-refractivity contribution in [3.8, 4) is 0 Å². The van der Waals surface area contributed by atoms with Gasteiger partial charge in [0.2, 0.25) is 0 Å². The molecule has 4 aliphatic carbocycles. The molecule has 0 saturated heterocycles. The molecule has 2 aromatic carbocycles. The maximum atomic E-state index is 4.54. The Hall–Kier alpha value is -1.74. The monoisotopic (exact) mass is 294 g/mol. The fourth-order valence-corrected chi connectivity index (χ4v) is 3.82. The van der Waals surface area contributed by atoms with Crippen LogP contribution in [0.1, 0.15) is 35.1 Å². The van der Waals surface area contributed by atoms with Crippen molar-refractivity contribution in [2.45, 2.75) is 38.5 Å². The van der Waals surface area contributed by atoms with Gasteiger partial charge in [-0.1, -0.05) is 36.4 Å². The van der Waals surface area contributed by atoms with Gasteiger partial charge in [-0.25, -0.2) is 0 Å². The van der Waals surface area contributed by atoms with Crippen LogP contribution in [0.3, 0.4) is 0 Å². The van der Waals surface area contributed by atoms with Gasteiger partial charge in [0.1, 0.15) is 11.0 Å². The van der Waals surface area contributed by atoms with Crippen LogP contribution < -0.4 is 0 Å². The van der Waals surface area contributed by atoms with E-state index in [0.29, 0.717) is 0 Å². The molecule has 3 aromatic rings. The van der Waals surface area contributed by atoms with Gasteiger partial charge in [-0.05, 0) is 60.8 Å². The summed E-state index contributed by atoms with van der Waals surface area (Å²) in [5.41, 5.74) is 7.89. The number of benzene rings is 2. The third-order valence-electron chi connectivity index (χ3n) is 4.43. The van der Waals surface area contributed by atoms with Crippen molar-refractivity contribution in [2.24, 2.45) is 0 Å². The van der Waals surface area contributed by atoms with E-state index in [2.05, 4.69) is 45.1 Å². The smallest absolute Gasteiger partial charge is 0.108 e.